The minimum absolute atomic E-state index is 0.600. The average Bonchev–Trinajstić information content (AvgIpc) is 3.47. The Morgan fingerprint density at radius 2 is 0.884 bits per heavy atom. The SMILES string of the molecule is c1ccc(-c2cccc(-c3nc(-c4ccccc4)nc(-c4cc(-c5ccccc5)cc5oc6ccccc6c45)n3)c2)cc1. The second-order valence-corrected chi connectivity index (χ2v) is 10.5. The molecule has 4 heteroatoms. The van der Waals surface area contributed by atoms with E-state index in [4.69, 9.17) is 19.4 Å². The van der Waals surface area contributed by atoms with E-state index in [9.17, 15) is 0 Å². The number of aromatic nitrogens is 3. The van der Waals surface area contributed by atoms with Gasteiger partial charge in [-0.2, -0.15) is 0 Å². The number of rotatable bonds is 5. The molecule has 43 heavy (non-hydrogen) atoms. The van der Waals surface area contributed by atoms with Gasteiger partial charge < -0.3 is 4.42 Å². The Morgan fingerprint density at radius 1 is 0.349 bits per heavy atom. The first-order valence-electron chi connectivity index (χ1n) is 14.3. The van der Waals surface area contributed by atoms with Crippen LogP contribution in [0.15, 0.2) is 156 Å². The van der Waals surface area contributed by atoms with Crippen LogP contribution in [0.2, 0.25) is 0 Å². The maximum atomic E-state index is 6.40. The van der Waals surface area contributed by atoms with Crippen molar-refractivity contribution in [2.75, 3.05) is 0 Å². The summed E-state index contributed by atoms with van der Waals surface area (Å²) in [5.41, 5.74) is 8.77. The lowest BCUT2D eigenvalue weighted by molar-refractivity contribution is 0.669. The smallest absolute Gasteiger partial charge is 0.164 e. The van der Waals surface area contributed by atoms with Gasteiger partial charge in [-0.15, -0.1) is 0 Å². The van der Waals surface area contributed by atoms with Crippen LogP contribution in [-0.4, -0.2) is 15.0 Å². The minimum atomic E-state index is 0.600. The Kier molecular flexibility index (Phi) is 6.08. The lowest BCUT2D eigenvalue weighted by Gasteiger charge is -2.11. The third kappa shape index (κ3) is 4.65. The van der Waals surface area contributed by atoms with E-state index in [0.29, 0.717) is 17.5 Å². The van der Waals surface area contributed by atoms with Crippen LogP contribution in [0.3, 0.4) is 0 Å². The van der Waals surface area contributed by atoms with Crippen LogP contribution in [-0.2, 0) is 0 Å². The summed E-state index contributed by atoms with van der Waals surface area (Å²) in [7, 11) is 0. The molecule has 0 saturated heterocycles. The van der Waals surface area contributed by atoms with Crippen molar-refractivity contribution in [2.45, 2.75) is 0 Å². The summed E-state index contributed by atoms with van der Waals surface area (Å²) in [6.07, 6.45) is 0. The Hall–Kier alpha value is -5.87. The zero-order valence-electron chi connectivity index (χ0n) is 23.2. The maximum Gasteiger partial charge on any atom is 0.164 e. The van der Waals surface area contributed by atoms with Crippen molar-refractivity contribution in [1.29, 1.82) is 0 Å². The van der Waals surface area contributed by atoms with Gasteiger partial charge in [0.1, 0.15) is 11.2 Å². The van der Waals surface area contributed by atoms with Crippen molar-refractivity contribution in [3.63, 3.8) is 0 Å². The van der Waals surface area contributed by atoms with Crippen molar-refractivity contribution in [2.24, 2.45) is 0 Å². The van der Waals surface area contributed by atoms with Gasteiger partial charge in [-0.25, -0.2) is 15.0 Å². The van der Waals surface area contributed by atoms with Gasteiger partial charge in [0.05, 0.1) is 0 Å². The molecule has 8 aromatic rings. The van der Waals surface area contributed by atoms with Gasteiger partial charge in [-0.05, 0) is 46.5 Å². The number of nitrogens with zero attached hydrogens (tertiary/aromatic N) is 3. The van der Waals surface area contributed by atoms with E-state index in [2.05, 4.69) is 78.9 Å². The lowest BCUT2D eigenvalue weighted by Crippen LogP contribution is -2.01. The first kappa shape index (κ1) is 24.9. The molecule has 2 aromatic heterocycles. The number of para-hydroxylation sites is 1. The fourth-order valence-electron chi connectivity index (χ4n) is 5.64. The van der Waals surface area contributed by atoms with Crippen LogP contribution in [0.25, 0.3) is 78.4 Å². The first-order valence-corrected chi connectivity index (χ1v) is 14.3. The molecule has 0 aliphatic rings. The molecule has 4 nitrogen and oxygen atoms in total. The standard InChI is InChI=1S/C39H25N3O/c1-4-13-26(14-5-1)29-19-12-20-30(23-29)38-40-37(28-17-8-3-9-18-28)41-39(42-38)33-24-31(27-15-6-2-7-16-27)25-35-36(33)32-21-10-11-22-34(32)43-35/h1-25H. The molecule has 0 unspecified atom stereocenters. The Balaban J connectivity index is 1.40. The van der Waals surface area contributed by atoms with Crippen molar-refractivity contribution in [3.05, 3.63) is 152 Å². The van der Waals surface area contributed by atoms with Crippen LogP contribution in [0.4, 0.5) is 0 Å². The third-order valence-corrected chi connectivity index (χ3v) is 7.72. The molecule has 202 valence electrons. The zero-order chi connectivity index (χ0) is 28.6. The van der Waals surface area contributed by atoms with Crippen LogP contribution in [0, 0.1) is 0 Å². The van der Waals surface area contributed by atoms with Crippen molar-refractivity contribution >= 4 is 21.9 Å². The normalized spacial score (nSPS) is 11.3. The zero-order valence-corrected chi connectivity index (χ0v) is 23.2. The highest BCUT2D eigenvalue weighted by Crippen LogP contribution is 2.40. The molecule has 0 atom stereocenters. The number of benzene rings is 6. The van der Waals surface area contributed by atoms with Gasteiger partial charge in [-0.3, -0.25) is 0 Å². The van der Waals surface area contributed by atoms with Crippen LogP contribution in [0.5, 0.6) is 0 Å². The molecular formula is C39H25N3O. The van der Waals surface area contributed by atoms with Crippen molar-refractivity contribution in [1.82, 2.24) is 15.0 Å². The van der Waals surface area contributed by atoms with Gasteiger partial charge >= 0.3 is 0 Å². The Morgan fingerprint density at radius 3 is 1.60 bits per heavy atom. The fourth-order valence-corrected chi connectivity index (χ4v) is 5.64. The molecule has 0 radical (unpaired) electrons. The molecule has 0 fully saturated rings. The van der Waals surface area contributed by atoms with Gasteiger partial charge in [-0.1, -0.05) is 127 Å². The summed E-state index contributed by atoms with van der Waals surface area (Å²) >= 11 is 0. The minimum Gasteiger partial charge on any atom is -0.456 e. The topological polar surface area (TPSA) is 51.8 Å². The highest BCUT2D eigenvalue weighted by molar-refractivity contribution is 6.13. The molecular weight excluding hydrogens is 526 g/mol. The molecule has 0 bridgehead atoms. The Bertz CT molecular complexity index is 2220. The Labute approximate surface area is 249 Å². The van der Waals surface area contributed by atoms with Crippen LogP contribution >= 0.6 is 0 Å². The van der Waals surface area contributed by atoms with Gasteiger partial charge in [0.2, 0.25) is 0 Å². The second-order valence-electron chi connectivity index (χ2n) is 10.5. The predicted octanol–water partition coefficient (Wildman–Crippen LogP) is 10.1. The van der Waals surface area contributed by atoms with Gasteiger partial charge in [0.15, 0.2) is 17.5 Å². The summed E-state index contributed by atoms with van der Waals surface area (Å²) < 4.78 is 6.40. The number of hydrogen-bond donors (Lipinski definition) is 0. The number of furan rings is 1. The second kappa shape index (κ2) is 10.5. The van der Waals surface area contributed by atoms with Gasteiger partial charge in [0.25, 0.3) is 0 Å². The lowest BCUT2D eigenvalue weighted by atomic mass is 9.98. The molecule has 0 aliphatic heterocycles. The molecule has 6 aromatic carbocycles. The van der Waals surface area contributed by atoms with E-state index in [1.807, 2.05) is 72.8 Å². The van der Waals surface area contributed by atoms with Crippen molar-refractivity contribution < 1.29 is 4.42 Å². The number of hydrogen-bond acceptors (Lipinski definition) is 4. The maximum absolute atomic E-state index is 6.40. The summed E-state index contributed by atoms with van der Waals surface area (Å²) in [5, 5.41) is 2.02. The van der Waals surface area contributed by atoms with E-state index in [0.717, 1.165) is 60.9 Å². The third-order valence-electron chi connectivity index (χ3n) is 7.72. The summed E-state index contributed by atoms with van der Waals surface area (Å²) in [5.74, 6) is 1.84. The predicted molar refractivity (Wildman–Crippen MR) is 174 cm³/mol. The van der Waals surface area contributed by atoms with E-state index in [-0.39, 0.29) is 0 Å². The molecule has 0 spiro atoms. The summed E-state index contributed by atoms with van der Waals surface area (Å²) in [6.45, 7) is 0. The molecule has 8 rings (SSSR count). The molecule has 0 aliphatic carbocycles. The highest BCUT2D eigenvalue weighted by Gasteiger charge is 2.19. The van der Waals surface area contributed by atoms with E-state index in [1.54, 1.807) is 0 Å². The van der Waals surface area contributed by atoms with Crippen molar-refractivity contribution in [3.8, 4) is 56.4 Å². The first-order chi connectivity index (χ1) is 21.3. The molecule has 2 heterocycles. The fraction of sp³-hybridized carbons (Fsp3) is 0. The van der Waals surface area contributed by atoms with Gasteiger partial charge in [0, 0.05) is 27.5 Å². The number of fused-ring (bicyclic) bond motifs is 3. The van der Waals surface area contributed by atoms with Crippen LogP contribution in [0.1, 0.15) is 0 Å². The quantitative estimate of drug-likeness (QED) is 0.214. The highest BCUT2D eigenvalue weighted by atomic mass is 16.3. The van der Waals surface area contributed by atoms with E-state index < -0.39 is 0 Å². The molecule has 0 saturated carbocycles. The van der Waals surface area contributed by atoms with Crippen LogP contribution < -0.4 is 0 Å². The average molecular weight is 552 g/mol. The largest absolute Gasteiger partial charge is 0.456 e. The van der Waals surface area contributed by atoms with E-state index >= 15 is 0 Å². The summed E-state index contributed by atoms with van der Waals surface area (Å²) in [6, 6.07) is 51.6. The summed E-state index contributed by atoms with van der Waals surface area (Å²) in [4.78, 5) is 15.2. The molecule has 0 amide bonds. The monoisotopic (exact) mass is 551 g/mol. The molecule has 0 N–H and O–H groups in total. The van der Waals surface area contributed by atoms with E-state index in [1.165, 1.54) is 0 Å².